The fraction of sp³-hybridized carbons (Fsp3) is 0.615. The highest BCUT2D eigenvalue weighted by Gasteiger charge is 2.11. The normalized spacial score (nSPS) is 16.9. The third kappa shape index (κ3) is 4.34. The molecule has 0 aliphatic carbocycles. The van der Waals surface area contributed by atoms with Gasteiger partial charge >= 0.3 is 0 Å². The van der Waals surface area contributed by atoms with Crippen LogP contribution in [0.1, 0.15) is 5.76 Å². The Morgan fingerprint density at radius 2 is 2.21 bits per heavy atom. The quantitative estimate of drug-likeness (QED) is 0.762. The van der Waals surface area contributed by atoms with E-state index < -0.39 is 5.43 Å². The molecule has 2 rings (SSSR count). The van der Waals surface area contributed by atoms with Crippen LogP contribution in [0, 0.1) is 0 Å². The topological polar surface area (TPSA) is 69.0 Å². The lowest BCUT2D eigenvalue weighted by atomic mass is 10.3. The molecular weight excluding hydrogens is 246 g/mol. The van der Waals surface area contributed by atoms with Crippen LogP contribution in [0.3, 0.4) is 0 Å². The van der Waals surface area contributed by atoms with Crippen LogP contribution < -0.4 is 10.7 Å². The number of nitrogens with zero attached hydrogens (tertiary/aromatic N) is 2. The Morgan fingerprint density at radius 3 is 2.89 bits per heavy atom. The maximum absolute atomic E-state index is 11.3. The van der Waals surface area contributed by atoms with Crippen molar-refractivity contribution in [2.24, 2.45) is 0 Å². The molecule has 19 heavy (non-hydrogen) atoms. The van der Waals surface area contributed by atoms with E-state index in [0.717, 1.165) is 45.5 Å². The highest BCUT2D eigenvalue weighted by atomic mass is 16.4. The van der Waals surface area contributed by atoms with E-state index in [9.17, 15) is 4.79 Å². The Hall–Kier alpha value is -1.37. The zero-order chi connectivity index (χ0) is 13.7. The Morgan fingerprint density at radius 1 is 1.47 bits per heavy atom. The largest absolute Gasteiger partial charge is 0.502 e. The second-order valence-electron chi connectivity index (χ2n) is 4.93. The van der Waals surface area contributed by atoms with Crippen LogP contribution in [-0.4, -0.2) is 61.2 Å². The van der Waals surface area contributed by atoms with Gasteiger partial charge in [0.15, 0.2) is 5.75 Å². The SMILES string of the molecule is CN(CCN1CCNCC1)Cc1cc(=O)c(O)co1. The minimum atomic E-state index is -0.392. The van der Waals surface area contributed by atoms with Crippen LogP contribution in [-0.2, 0) is 6.54 Å². The third-order valence-electron chi connectivity index (χ3n) is 3.30. The van der Waals surface area contributed by atoms with Crippen molar-refractivity contribution in [2.75, 3.05) is 46.3 Å². The first kappa shape index (κ1) is 14.0. The summed E-state index contributed by atoms with van der Waals surface area (Å²) in [6.45, 7) is 6.78. The Kier molecular flexibility index (Phi) is 4.95. The van der Waals surface area contributed by atoms with Gasteiger partial charge in [-0.25, -0.2) is 0 Å². The van der Waals surface area contributed by atoms with Crippen LogP contribution >= 0.6 is 0 Å². The predicted octanol–water partition coefficient (Wildman–Crippen LogP) is -0.318. The van der Waals surface area contributed by atoms with Crippen LogP contribution in [0.4, 0.5) is 0 Å². The van der Waals surface area contributed by atoms with Crippen molar-refractivity contribution < 1.29 is 9.52 Å². The van der Waals surface area contributed by atoms with Crippen LogP contribution in [0.5, 0.6) is 5.75 Å². The molecule has 0 aromatic carbocycles. The molecule has 0 amide bonds. The molecule has 1 aromatic heterocycles. The van der Waals surface area contributed by atoms with Crippen molar-refractivity contribution in [2.45, 2.75) is 6.54 Å². The van der Waals surface area contributed by atoms with E-state index in [1.807, 2.05) is 7.05 Å². The van der Waals surface area contributed by atoms with E-state index in [1.165, 1.54) is 6.07 Å². The van der Waals surface area contributed by atoms with Gasteiger partial charge in [-0.15, -0.1) is 0 Å². The molecule has 0 saturated carbocycles. The summed E-state index contributed by atoms with van der Waals surface area (Å²) in [6, 6.07) is 1.34. The maximum atomic E-state index is 11.3. The van der Waals surface area contributed by atoms with Crippen molar-refractivity contribution in [3.63, 3.8) is 0 Å². The van der Waals surface area contributed by atoms with Gasteiger partial charge in [0, 0.05) is 45.3 Å². The molecule has 6 heteroatoms. The standard InChI is InChI=1S/C13H21N3O3/c1-15(6-7-16-4-2-14-3-5-16)9-11-8-12(17)13(18)10-19-11/h8,10,14,18H,2-7,9H2,1H3. The number of piperazine rings is 1. The van der Waals surface area contributed by atoms with Gasteiger partial charge in [-0.3, -0.25) is 14.6 Å². The summed E-state index contributed by atoms with van der Waals surface area (Å²) in [5.74, 6) is 0.234. The Bertz CT molecular complexity index is 455. The first-order valence-electron chi connectivity index (χ1n) is 6.57. The monoisotopic (exact) mass is 267 g/mol. The van der Waals surface area contributed by atoms with Gasteiger partial charge in [-0.1, -0.05) is 0 Å². The van der Waals surface area contributed by atoms with E-state index in [0.29, 0.717) is 12.3 Å². The molecule has 1 fully saturated rings. The average Bonchev–Trinajstić information content (AvgIpc) is 2.42. The molecule has 0 unspecified atom stereocenters. The minimum Gasteiger partial charge on any atom is -0.502 e. The average molecular weight is 267 g/mol. The molecule has 0 spiro atoms. The third-order valence-corrected chi connectivity index (χ3v) is 3.30. The van der Waals surface area contributed by atoms with Crippen LogP contribution in [0.25, 0.3) is 0 Å². The molecule has 1 saturated heterocycles. The van der Waals surface area contributed by atoms with Gasteiger partial charge in [-0.05, 0) is 7.05 Å². The molecule has 6 nitrogen and oxygen atoms in total. The second kappa shape index (κ2) is 6.70. The fourth-order valence-corrected chi connectivity index (χ4v) is 2.12. The number of rotatable bonds is 5. The molecule has 2 N–H and O–H groups in total. The molecule has 1 aromatic rings. The van der Waals surface area contributed by atoms with E-state index in [2.05, 4.69) is 15.1 Å². The smallest absolute Gasteiger partial charge is 0.226 e. The Balaban J connectivity index is 1.78. The van der Waals surface area contributed by atoms with E-state index in [4.69, 9.17) is 9.52 Å². The summed E-state index contributed by atoms with van der Waals surface area (Å²) in [5, 5.41) is 12.4. The molecule has 0 atom stereocenters. The molecule has 0 radical (unpaired) electrons. The molecular formula is C13H21N3O3. The summed E-state index contributed by atoms with van der Waals surface area (Å²) in [4.78, 5) is 15.8. The van der Waals surface area contributed by atoms with Gasteiger partial charge in [0.2, 0.25) is 5.43 Å². The lowest BCUT2D eigenvalue weighted by molar-refractivity contribution is 0.196. The number of likely N-dealkylation sites (N-methyl/N-ethyl adjacent to an activating group) is 1. The predicted molar refractivity (Wildman–Crippen MR) is 72.3 cm³/mol. The fourth-order valence-electron chi connectivity index (χ4n) is 2.12. The number of hydrogen-bond donors (Lipinski definition) is 2. The summed E-state index contributed by atoms with van der Waals surface area (Å²) >= 11 is 0. The molecule has 1 aliphatic rings. The van der Waals surface area contributed by atoms with Gasteiger partial charge in [0.05, 0.1) is 6.54 Å². The summed E-state index contributed by atoms with van der Waals surface area (Å²) in [6.07, 6.45) is 1.10. The van der Waals surface area contributed by atoms with Crippen LogP contribution in [0.2, 0.25) is 0 Å². The van der Waals surface area contributed by atoms with Crippen LogP contribution in [0.15, 0.2) is 21.5 Å². The number of aromatic hydroxyl groups is 1. The van der Waals surface area contributed by atoms with Crippen molar-refractivity contribution in [3.05, 3.63) is 28.3 Å². The molecule has 0 bridgehead atoms. The van der Waals surface area contributed by atoms with Crippen molar-refractivity contribution in [1.29, 1.82) is 0 Å². The first-order valence-corrected chi connectivity index (χ1v) is 6.57. The van der Waals surface area contributed by atoms with E-state index >= 15 is 0 Å². The minimum absolute atomic E-state index is 0.341. The summed E-state index contributed by atoms with van der Waals surface area (Å²) in [7, 11) is 2.00. The first-order chi connectivity index (χ1) is 9.15. The van der Waals surface area contributed by atoms with Crippen molar-refractivity contribution >= 4 is 0 Å². The second-order valence-corrected chi connectivity index (χ2v) is 4.93. The molecule has 106 valence electrons. The van der Waals surface area contributed by atoms with E-state index in [-0.39, 0.29) is 5.75 Å². The molecule has 2 heterocycles. The summed E-state index contributed by atoms with van der Waals surface area (Å²) < 4.78 is 5.19. The Labute approximate surface area is 112 Å². The highest BCUT2D eigenvalue weighted by molar-refractivity contribution is 5.15. The number of hydrogen-bond acceptors (Lipinski definition) is 6. The maximum Gasteiger partial charge on any atom is 0.226 e. The lowest BCUT2D eigenvalue weighted by Gasteiger charge is -2.28. The van der Waals surface area contributed by atoms with Crippen molar-refractivity contribution in [3.8, 4) is 5.75 Å². The summed E-state index contributed by atoms with van der Waals surface area (Å²) in [5.41, 5.74) is -0.392. The molecule has 1 aliphatic heterocycles. The van der Waals surface area contributed by atoms with Crippen molar-refractivity contribution in [1.82, 2.24) is 15.1 Å². The van der Waals surface area contributed by atoms with Gasteiger partial charge in [-0.2, -0.15) is 0 Å². The zero-order valence-electron chi connectivity index (χ0n) is 11.3. The van der Waals surface area contributed by atoms with Gasteiger partial charge in [0.1, 0.15) is 12.0 Å². The van der Waals surface area contributed by atoms with Gasteiger partial charge < -0.3 is 14.8 Å². The highest BCUT2D eigenvalue weighted by Crippen LogP contribution is 2.05. The zero-order valence-corrected chi connectivity index (χ0v) is 11.3. The van der Waals surface area contributed by atoms with E-state index in [1.54, 1.807) is 0 Å². The van der Waals surface area contributed by atoms with Gasteiger partial charge in [0.25, 0.3) is 0 Å². The number of nitrogens with one attached hydrogen (secondary N) is 1. The lowest BCUT2D eigenvalue weighted by Crippen LogP contribution is -2.45.